The zero-order chi connectivity index (χ0) is 13.5. The Morgan fingerprint density at radius 3 is 2.35 bits per heavy atom. The van der Waals surface area contributed by atoms with Gasteiger partial charge in [-0.1, -0.05) is 0 Å². The van der Waals surface area contributed by atoms with Crippen LogP contribution in [-0.4, -0.2) is 31.8 Å². The minimum atomic E-state index is 0.532. The fourth-order valence-corrected chi connectivity index (χ4v) is 3.71. The molecule has 0 radical (unpaired) electrons. The summed E-state index contributed by atoms with van der Waals surface area (Å²) in [5.74, 6) is 0.905. The van der Waals surface area contributed by atoms with Gasteiger partial charge in [-0.15, -0.1) is 0 Å². The third-order valence-electron chi connectivity index (χ3n) is 4.61. The summed E-state index contributed by atoms with van der Waals surface area (Å²) in [5, 5.41) is 4.41. The van der Waals surface area contributed by atoms with Gasteiger partial charge in [-0.25, -0.2) is 9.97 Å². The van der Waals surface area contributed by atoms with E-state index in [1.165, 1.54) is 12.8 Å². The van der Waals surface area contributed by atoms with Crippen LogP contribution in [0.1, 0.15) is 37.3 Å². The van der Waals surface area contributed by atoms with E-state index in [0.29, 0.717) is 18.1 Å². The lowest BCUT2D eigenvalue weighted by atomic mass is 9.98. The molecule has 4 heterocycles. The van der Waals surface area contributed by atoms with E-state index in [9.17, 15) is 0 Å². The number of nitrogens with zero attached hydrogens (tertiary/aromatic N) is 5. The maximum Gasteiger partial charge on any atom is 0.225 e. The predicted octanol–water partition coefficient (Wildman–Crippen LogP) is 2.35. The van der Waals surface area contributed by atoms with Gasteiger partial charge in [0.15, 0.2) is 0 Å². The molecule has 104 valence electrons. The largest absolute Gasteiger partial charge is 0.335 e. The molecule has 2 aromatic rings. The molecule has 2 aliphatic heterocycles. The van der Waals surface area contributed by atoms with Gasteiger partial charge >= 0.3 is 0 Å². The Bertz CT molecular complexity index is 563. The van der Waals surface area contributed by atoms with Crippen molar-refractivity contribution in [2.45, 2.75) is 50.7 Å². The molecule has 0 saturated carbocycles. The second-order valence-corrected chi connectivity index (χ2v) is 5.96. The van der Waals surface area contributed by atoms with Crippen molar-refractivity contribution in [2.75, 3.05) is 4.90 Å². The molecule has 0 spiro atoms. The molecule has 5 nitrogen and oxygen atoms in total. The lowest BCUT2D eigenvalue weighted by Gasteiger charge is -2.39. The Kier molecular flexibility index (Phi) is 2.72. The van der Waals surface area contributed by atoms with Crippen LogP contribution in [0.3, 0.4) is 0 Å². The van der Waals surface area contributed by atoms with Gasteiger partial charge in [-0.2, -0.15) is 5.10 Å². The average molecular weight is 269 g/mol. The van der Waals surface area contributed by atoms with Crippen molar-refractivity contribution in [1.29, 1.82) is 0 Å². The first-order valence-electron chi connectivity index (χ1n) is 7.37. The average Bonchev–Trinajstić information content (AvgIpc) is 3.07. The highest BCUT2D eigenvalue weighted by Crippen LogP contribution is 2.41. The molecule has 5 heteroatoms. The maximum atomic E-state index is 4.52. The van der Waals surface area contributed by atoms with Crippen LogP contribution in [0.5, 0.6) is 0 Å². The van der Waals surface area contributed by atoms with Gasteiger partial charge in [0, 0.05) is 36.9 Å². The summed E-state index contributed by atoms with van der Waals surface area (Å²) in [6.07, 6.45) is 12.6. The van der Waals surface area contributed by atoms with Crippen LogP contribution in [0, 0.1) is 6.92 Å². The van der Waals surface area contributed by atoms with E-state index in [-0.39, 0.29) is 0 Å². The number of fused-ring (bicyclic) bond motifs is 2. The Balaban J connectivity index is 1.58. The quantitative estimate of drug-likeness (QED) is 0.839. The van der Waals surface area contributed by atoms with Crippen molar-refractivity contribution in [2.24, 2.45) is 0 Å². The van der Waals surface area contributed by atoms with E-state index in [1.54, 1.807) is 0 Å². The van der Waals surface area contributed by atoms with E-state index in [2.05, 4.69) is 30.8 Å². The summed E-state index contributed by atoms with van der Waals surface area (Å²) >= 11 is 0. The van der Waals surface area contributed by atoms with E-state index in [0.717, 1.165) is 24.4 Å². The monoisotopic (exact) mass is 269 g/mol. The van der Waals surface area contributed by atoms with Crippen LogP contribution in [0.4, 0.5) is 5.95 Å². The first-order chi connectivity index (χ1) is 9.81. The Labute approximate surface area is 118 Å². The zero-order valence-electron chi connectivity index (χ0n) is 11.7. The summed E-state index contributed by atoms with van der Waals surface area (Å²) in [6, 6.07) is 3.66. The number of piperidine rings is 1. The van der Waals surface area contributed by atoms with Crippen LogP contribution < -0.4 is 4.90 Å². The molecule has 2 fully saturated rings. The van der Waals surface area contributed by atoms with Gasteiger partial charge in [0.05, 0.1) is 6.04 Å². The molecule has 2 aromatic heterocycles. The second-order valence-electron chi connectivity index (χ2n) is 5.96. The first kappa shape index (κ1) is 11.9. The van der Waals surface area contributed by atoms with E-state index in [4.69, 9.17) is 0 Å². The van der Waals surface area contributed by atoms with Crippen molar-refractivity contribution in [3.63, 3.8) is 0 Å². The summed E-state index contributed by atoms with van der Waals surface area (Å²) in [6.45, 7) is 2.03. The number of hydrogen-bond acceptors (Lipinski definition) is 4. The van der Waals surface area contributed by atoms with Crippen molar-refractivity contribution < 1.29 is 0 Å². The third-order valence-corrected chi connectivity index (χ3v) is 4.61. The topological polar surface area (TPSA) is 46.8 Å². The number of rotatable bonds is 2. The van der Waals surface area contributed by atoms with Gasteiger partial charge < -0.3 is 4.90 Å². The standard InChI is InChI=1S/C15H19N5/c1-11-9-16-15(17-10-11)20-12-3-4-13(20)8-14(7-12)19-6-2-5-18-19/h2,5-6,9-10,12-14H,3-4,7-8H2,1H3. The maximum absolute atomic E-state index is 4.52. The highest BCUT2D eigenvalue weighted by Gasteiger charge is 2.42. The van der Waals surface area contributed by atoms with Crippen LogP contribution in [0.2, 0.25) is 0 Å². The van der Waals surface area contributed by atoms with Crippen molar-refractivity contribution in [1.82, 2.24) is 19.7 Å². The third kappa shape index (κ3) is 1.88. The van der Waals surface area contributed by atoms with E-state index in [1.807, 2.05) is 31.6 Å². The summed E-state index contributed by atoms with van der Waals surface area (Å²) < 4.78 is 2.12. The Morgan fingerprint density at radius 1 is 1.05 bits per heavy atom. The molecule has 2 saturated heterocycles. The van der Waals surface area contributed by atoms with Gasteiger partial charge in [-0.05, 0) is 44.2 Å². The smallest absolute Gasteiger partial charge is 0.225 e. The molecule has 2 unspecified atom stereocenters. The fourth-order valence-electron chi connectivity index (χ4n) is 3.71. The molecule has 0 aromatic carbocycles. The van der Waals surface area contributed by atoms with E-state index >= 15 is 0 Å². The van der Waals surface area contributed by atoms with Gasteiger partial charge in [0.1, 0.15) is 0 Å². The zero-order valence-corrected chi connectivity index (χ0v) is 11.7. The number of aromatic nitrogens is 4. The van der Waals surface area contributed by atoms with Gasteiger partial charge in [-0.3, -0.25) is 4.68 Å². The molecule has 0 aliphatic carbocycles. The lowest BCUT2D eigenvalue weighted by Crippen LogP contribution is -2.44. The van der Waals surface area contributed by atoms with E-state index < -0.39 is 0 Å². The van der Waals surface area contributed by atoms with Crippen LogP contribution in [0.25, 0.3) is 0 Å². The Morgan fingerprint density at radius 2 is 1.75 bits per heavy atom. The van der Waals surface area contributed by atoms with Gasteiger partial charge in [0.2, 0.25) is 5.95 Å². The van der Waals surface area contributed by atoms with Crippen molar-refractivity contribution in [3.05, 3.63) is 36.4 Å². The minimum absolute atomic E-state index is 0.532. The molecular weight excluding hydrogens is 250 g/mol. The molecule has 2 aliphatic rings. The SMILES string of the molecule is Cc1cnc(N2C3CCC2CC(n2cccn2)C3)nc1. The Hall–Kier alpha value is -1.91. The summed E-state index contributed by atoms with van der Waals surface area (Å²) in [4.78, 5) is 11.5. The number of anilines is 1. The van der Waals surface area contributed by atoms with Crippen molar-refractivity contribution in [3.8, 4) is 0 Å². The van der Waals surface area contributed by atoms with Crippen molar-refractivity contribution >= 4 is 5.95 Å². The normalized spacial score (nSPS) is 28.9. The molecular formula is C15H19N5. The van der Waals surface area contributed by atoms with Gasteiger partial charge in [0.25, 0.3) is 0 Å². The summed E-state index contributed by atoms with van der Waals surface area (Å²) in [5.41, 5.74) is 1.12. The molecule has 2 bridgehead atoms. The highest BCUT2D eigenvalue weighted by atomic mass is 15.3. The minimum Gasteiger partial charge on any atom is -0.335 e. The lowest BCUT2D eigenvalue weighted by molar-refractivity contribution is 0.312. The highest BCUT2D eigenvalue weighted by molar-refractivity contribution is 5.37. The molecule has 4 rings (SSSR count). The molecule has 2 atom stereocenters. The van der Waals surface area contributed by atoms with Crippen LogP contribution in [-0.2, 0) is 0 Å². The number of aryl methyl sites for hydroxylation is 1. The first-order valence-corrected chi connectivity index (χ1v) is 7.37. The predicted molar refractivity (Wildman–Crippen MR) is 76.6 cm³/mol. The second kappa shape index (κ2) is 4.58. The molecule has 0 N–H and O–H groups in total. The summed E-state index contributed by atoms with van der Waals surface area (Å²) in [7, 11) is 0. The fraction of sp³-hybridized carbons (Fsp3) is 0.533. The molecule has 20 heavy (non-hydrogen) atoms. The van der Waals surface area contributed by atoms with Crippen LogP contribution in [0.15, 0.2) is 30.9 Å². The van der Waals surface area contributed by atoms with Crippen LogP contribution >= 0.6 is 0 Å². The molecule has 0 amide bonds. The number of hydrogen-bond donors (Lipinski definition) is 0.